The monoisotopic (exact) mass is 377 g/mol. The second kappa shape index (κ2) is 7.58. The molecule has 26 heavy (non-hydrogen) atoms. The van der Waals surface area contributed by atoms with Gasteiger partial charge in [-0.2, -0.15) is 13.2 Å². The zero-order valence-electron chi connectivity index (χ0n) is 13.6. The molecule has 2 rings (SSSR count). The number of nitrogens with zero attached hydrogens (tertiary/aromatic N) is 2. The number of hydrogen-bond acceptors (Lipinski definition) is 4. The molecule has 3 amide bonds. The number of piperazine rings is 1. The van der Waals surface area contributed by atoms with Crippen LogP contribution >= 0.6 is 0 Å². The lowest BCUT2D eigenvalue weighted by Gasteiger charge is -2.33. The molecule has 0 saturated carbocycles. The van der Waals surface area contributed by atoms with E-state index in [9.17, 15) is 31.9 Å². The van der Waals surface area contributed by atoms with Crippen molar-refractivity contribution in [3.63, 3.8) is 0 Å². The van der Waals surface area contributed by atoms with E-state index < -0.39 is 42.8 Å². The number of ether oxygens (including phenoxy) is 1. The van der Waals surface area contributed by atoms with Crippen LogP contribution in [0.1, 0.15) is 0 Å². The zero-order chi connectivity index (χ0) is 19.5. The fraction of sp³-hybridized carbons (Fsp3) is 0.400. The van der Waals surface area contributed by atoms with Crippen LogP contribution in [-0.4, -0.2) is 67.0 Å². The maximum Gasteiger partial charge on any atom is 0.406 e. The van der Waals surface area contributed by atoms with Gasteiger partial charge in [0.25, 0.3) is 0 Å². The molecule has 1 heterocycles. The molecule has 1 aromatic rings. The summed E-state index contributed by atoms with van der Waals surface area (Å²) in [4.78, 5) is 36.7. The van der Waals surface area contributed by atoms with Crippen molar-refractivity contribution in [1.82, 2.24) is 9.80 Å². The van der Waals surface area contributed by atoms with Crippen LogP contribution in [0.5, 0.6) is 5.75 Å². The van der Waals surface area contributed by atoms with Crippen LogP contribution < -0.4 is 10.1 Å². The summed E-state index contributed by atoms with van der Waals surface area (Å²) in [5.74, 6) is -3.98. The molecule has 0 aromatic heterocycles. The molecule has 1 aromatic carbocycles. The topological polar surface area (TPSA) is 79.0 Å². The first-order valence-electron chi connectivity index (χ1n) is 7.39. The van der Waals surface area contributed by atoms with Gasteiger partial charge >= 0.3 is 18.0 Å². The maximum atomic E-state index is 13.6. The molecule has 1 fully saturated rings. The van der Waals surface area contributed by atoms with Crippen molar-refractivity contribution >= 4 is 23.4 Å². The third kappa shape index (κ3) is 4.83. The Morgan fingerprint density at radius 2 is 1.81 bits per heavy atom. The Morgan fingerprint density at radius 1 is 1.19 bits per heavy atom. The van der Waals surface area contributed by atoms with E-state index in [1.54, 1.807) is 0 Å². The third-order valence-corrected chi connectivity index (χ3v) is 3.54. The second-order valence-corrected chi connectivity index (χ2v) is 5.47. The van der Waals surface area contributed by atoms with Crippen LogP contribution in [0.2, 0.25) is 0 Å². The first-order valence-corrected chi connectivity index (χ1v) is 7.39. The van der Waals surface area contributed by atoms with E-state index in [4.69, 9.17) is 4.74 Å². The summed E-state index contributed by atoms with van der Waals surface area (Å²) in [5.41, 5.74) is 0.0998. The fourth-order valence-corrected chi connectivity index (χ4v) is 2.35. The zero-order valence-corrected chi connectivity index (χ0v) is 13.6. The summed E-state index contributed by atoms with van der Waals surface area (Å²) in [5, 5.41) is 2.33. The van der Waals surface area contributed by atoms with Gasteiger partial charge in [0, 0.05) is 24.8 Å². The van der Waals surface area contributed by atoms with Gasteiger partial charge in [-0.15, -0.1) is 0 Å². The average Bonchev–Trinajstić information content (AvgIpc) is 2.53. The second-order valence-electron chi connectivity index (χ2n) is 5.47. The molecule has 11 heteroatoms. The first-order chi connectivity index (χ1) is 12.1. The Kier molecular flexibility index (Phi) is 5.68. The maximum absolute atomic E-state index is 13.6. The van der Waals surface area contributed by atoms with Crippen molar-refractivity contribution in [1.29, 1.82) is 0 Å². The molecule has 0 radical (unpaired) electrons. The van der Waals surface area contributed by atoms with Gasteiger partial charge < -0.3 is 19.9 Å². The third-order valence-electron chi connectivity index (χ3n) is 3.54. The number of alkyl halides is 3. The quantitative estimate of drug-likeness (QED) is 0.614. The molecule has 142 valence electrons. The van der Waals surface area contributed by atoms with Crippen LogP contribution in [-0.2, 0) is 14.4 Å². The van der Waals surface area contributed by atoms with E-state index in [2.05, 4.69) is 5.32 Å². The van der Waals surface area contributed by atoms with Crippen LogP contribution in [0.3, 0.4) is 0 Å². The Labute approximate surface area is 145 Å². The highest BCUT2D eigenvalue weighted by Gasteiger charge is 2.39. The predicted molar refractivity (Wildman–Crippen MR) is 80.8 cm³/mol. The minimum atomic E-state index is -4.62. The van der Waals surface area contributed by atoms with Crippen molar-refractivity contribution < 1.29 is 36.7 Å². The molecular weight excluding hydrogens is 362 g/mol. The Morgan fingerprint density at radius 3 is 2.38 bits per heavy atom. The van der Waals surface area contributed by atoms with E-state index in [1.807, 2.05) is 0 Å². The molecule has 0 atom stereocenters. The lowest BCUT2D eigenvalue weighted by Crippen LogP contribution is -2.57. The van der Waals surface area contributed by atoms with Gasteiger partial charge in [-0.3, -0.25) is 14.4 Å². The summed E-state index contributed by atoms with van der Waals surface area (Å²) in [6.07, 6.45) is -4.62. The van der Waals surface area contributed by atoms with E-state index in [-0.39, 0.29) is 24.5 Å². The number of benzene rings is 1. The van der Waals surface area contributed by atoms with Crippen molar-refractivity contribution in [3.05, 3.63) is 24.0 Å². The van der Waals surface area contributed by atoms with Gasteiger partial charge in [0.2, 0.25) is 5.91 Å². The minimum Gasteiger partial charge on any atom is -0.494 e. The normalized spacial score (nSPS) is 15.3. The highest BCUT2D eigenvalue weighted by atomic mass is 19.4. The van der Waals surface area contributed by atoms with Gasteiger partial charge in [0.1, 0.15) is 13.1 Å². The number of carbonyl (C=O) groups excluding carboxylic acids is 3. The smallest absolute Gasteiger partial charge is 0.406 e. The van der Waals surface area contributed by atoms with Gasteiger partial charge in [-0.05, 0) is 12.1 Å². The predicted octanol–water partition coefficient (Wildman–Crippen LogP) is 1.01. The molecule has 0 unspecified atom stereocenters. The number of nitrogens with one attached hydrogen (secondary N) is 1. The van der Waals surface area contributed by atoms with Gasteiger partial charge in [0.05, 0.1) is 7.11 Å². The molecule has 1 aliphatic rings. The van der Waals surface area contributed by atoms with Gasteiger partial charge in [0.15, 0.2) is 11.6 Å². The molecule has 0 bridgehead atoms. The number of carbonyl (C=O) groups is 3. The van der Waals surface area contributed by atoms with Crippen molar-refractivity contribution in [3.8, 4) is 5.75 Å². The SMILES string of the molecule is COc1ccc(NC(=O)CN2CCN(CC(F)(F)F)C(=O)C2=O)cc1F. The molecule has 7 nitrogen and oxygen atoms in total. The lowest BCUT2D eigenvalue weighted by atomic mass is 10.2. The van der Waals surface area contributed by atoms with E-state index in [0.29, 0.717) is 4.90 Å². The number of anilines is 1. The summed E-state index contributed by atoms with van der Waals surface area (Å²) in [6.45, 7) is -2.62. The van der Waals surface area contributed by atoms with Crippen LogP contribution in [0, 0.1) is 5.82 Å². The lowest BCUT2D eigenvalue weighted by molar-refractivity contribution is -0.172. The molecule has 0 spiro atoms. The average molecular weight is 377 g/mol. The van der Waals surface area contributed by atoms with E-state index >= 15 is 0 Å². The molecule has 0 aliphatic carbocycles. The van der Waals surface area contributed by atoms with Crippen LogP contribution in [0.25, 0.3) is 0 Å². The number of halogens is 4. The number of hydrogen-bond donors (Lipinski definition) is 1. The number of rotatable bonds is 5. The molecule has 1 N–H and O–H groups in total. The van der Waals surface area contributed by atoms with E-state index in [0.717, 1.165) is 11.0 Å². The highest BCUT2D eigenvalue weighted by molar-refractivity contribution is 6.35. The standard InChI is InChI=1S/C15H15F4N3O4/c1-26-11-3-2-9(6-10(11)16)20-12(23)7-21-4-5-22(8-15(17,18)19)14(25)13(21)24/h2-3,6H,4-5,7-8H2,1H3,(H,20,23). The Balaban J connectivity index is 1.94. The van der Waals surface area contributed by atoms with Crippen LogP contribution in [0.15, 0.2) is 18.2 Å². The highest BCUT2D eigenvalue weighted by Crippen LogP contribution is 2.21. The summed E-state index contributed by atoms with van der Waals surface area (Å²) in [7, 11) is 1.28. The molecule has 1 aliphatic heterocycles. The molecular formula is C15H15F4N3O4. The molecule has 1 saturated heterocycles. The number of methoxy groups -OCH3 is 1. The fourth-order valence-electron chi connectivity index (χ4n) is 2.35. The Bertz CT molecular complexity index is 723. The summed E-state index contributed by atoms with van der Waals surface area (Å²) in [6, 6.07) is 3.66. The van der Waals surface area contributed by atoms with Crippen molar-refractivity contribution in [2.45, 2.75) is 6.18 Å². The van der Waals surface area contributed by atoms with E-state index in [1.165, 1.54) is 19.2 Å². The summed E-state index contributed by atoms with van der Waals surface area (Å²) >= 11 is 0. The number of amides is 3. The Hall–Kier alpha value is -2.85. The van der Waals surface area contributed by atoms with Gasteiger partial charge in [-0.1, -0.05) is 0 Å². The summed E-state index contributed by atoms with van der Waals surface area (Å²) < 4.78 is 55.4. The largest absolute Gasteiger partial charge is 0.494 e. The minimum absolute atomic E-state index is 0.0236. The van der Waals surface area contributed by atoms with Crippen molar-refractivity contribution in [2.24, 2.45) is 0 Å². The van der Waals surface area contributed by atoms with Crippen molar-refractivity contribution in [2.75, 3.05) is 38.6 Å². The first kappa shape index (κ1) is 19.5. The van der Waals surface area contributed by atoms with Crippen LogP contribution in [0.4, 0.5) is 23.2 Å². The van der Waals surface area contributed by atoms with Gasteiger partial charge in [-0.25, -0.2) is 4.39 Å².